The lowest BCUT2D eigenvalue weighted by Gasteiger charge is -2.28. The maximum atomic E-state index is 13.5. The van der Waals surface area contributed by atoms with E-state index in [1.54, 1.807) is 0 Å². The monoisotopic (exact) mass is 271 g/mol. The van der Waals surface area contributed by atoms with Crippen LogP contribution in [0.5, 0.6) is 5.75 Å². The Balaban J connectivity index is 1.96. The van der Waals surface area contributed by atoms with Crippen molar-refractivity contribution in [2.24, 2.45) is 5.92 Å². The summed E-state index contributed by atoms with van der Waals surface area (Å²) in [4.78, 5) is 0. The molecule has 1 heterocycles. The summed E-state index contributed by atoms with van der Waals surface area (Å²) in [6.45, 7) is 2.99. The van der Waals surface area contributed by atoms with Gasteiger partial charge in [-0.05, 0) is 31.4 Å². The molecule has 2 unspecified atom stereocenters. The van der Waals surface area contributed by atoms with Gasteiger partial charge in [0, 0.05) is 12.5 Å². The van der Waals surface area contributed by atoms with E-state index in [1.807, 2.05) is 6.92 Å². The van der Waals surface area contributed by atoms with Gasteiger partial charge in [0.05, 0.1) is 18.4 Å². The molecule has 2 N–H and O–H groups in total. The van der Waals surface area contributed by atoms with Crippen LogP contribution in [0.4, 0.5) is 14.5 Å². The standard InChI is InChI=1S/C14H19F2NO2/c1-9(12-4-2-3-7-18-12)8-19-14-11(17)6-5-10(15)13(14)16/h5-6,9,12H,2-4,7-8,17H2,1H3. The molecule has 1 saturated heterocycles. The zero-order valence-corrected chi connectivity index (χ0v) is 11.0. The van der Waals surface area contributed by atoms with Gasteiger partial charge in [-0.15, -0.1) is 0 Å². The van der Waals surface area contributed by atoms with Crippen molar-refractivity contribution in [3.63, 3.8) is 0 Å². The molecular weight excluding hydrogens is 252 g/mol. The van der Waals surface area contributed by atoms with Gasteiger partial charge in [0.25, 0.3) is 0 Å². The van der Waals surface area contributed by atoms with Gasteiger partial charge in [-0.3, -0.25) is 0 Å². The van der Waals surface area contributed by atoms with E-state index >= 15 is 0 Å². The molecule has 2 rings (SSSR count). The number of anilines is 1. The summed E-state index contributed by atoms with van der Waals surface area (Å²) in [5, 5.41) is 0. The predicted molar refractivity (Wildman–Crippen MR) is 69.0 cm³/mol. The zero-order valence-electron chi connectivity index (χ0n) is 11.0. The highest BCUT2D eigenvalue weighted by Gasteiger charge is 2.22. The van der Waals surface area contributed by atoms with Crippen LogP contribution < -0.4 is 10.5 Å². The molecule has 0 aromatic heterocycles. The van der Waals surface area contributed by atoms with Crippen molar-refractivity contribution in [1.29, 1.82) is 0 Å². The fourth-order valence-electron chi connectivity index (χ4n) is 2.23. The minimum Gasteiger partial charge on any atom is -0.488 e. The van der Waals surface area contributed by atoms with Crippen LogP contribution in [-0.2, 0) is 4.74 Å². The molecule has 1 aromatic carbocycles. The van der Waals surface area contributed by atoms with Crippen LogP contribution in [0.3, 0.4) is 0 Å². The van der Waals surface area contributed by atoms with Crippen LogP contribution in [0.2, 0.25) is 0 Å². The first-order chi connectivity index (χ1) is 9.09. The maximum absolute atomic E-state index is 13.5. The van der Waals surface area contributed by atoms with Crippen LogP contribution >= 0.6 is 0 Å². The van der Waals surface area contributed by atoms with Gasteiger partial charge < -0.3 is 15.2 Å². The van der Waals surface area contributed by atoms with E-state index in [9.17, 15) is 8.78 Å². The summed E-state index contributed by atoms with van der Waals surface area (Å²) >= 11 is 0. The van der Waals surface area contributed by atoms with Gasteiger partial charge in [-0.1, -0.05) is 6.92 Å². The third kappa shape index (κ3) is 3.35. The van der Waals surface area contributed by atoms with Gasteiger partial charge in [0.1, 0.15) is 0 Å². The molecule has 0 saturated carbocycles. The van der Waals surface area contributed by atoms with Gasteiger partial charge in [-0.25, -0.2) is 4.39 Å². The van der Waals surface area contributed by atoms with E-state index in [0.717, 1.165) is 31.9 Å². The fourth-order valence-corrected chi connectivity index (χ4v) is 2.23. The van der Waals surface area contributed by atoms with Crippen molar-refractivity contribution in [2.45, 2.75) is 32.3 Å². The van der Waals surface area contributed by atoms with Crippen LogP contribution in [0.25, 0.3) is 0 Å². The van der Waals surface area contributed by atoms with Gasteiger partial charge in [0.15, 0.2) is 11.6 Å². The molecule has 1 aliphatic heterocycles. The first kappa shape index (κ1) is 14.1. The van der Waals surface area contributed by atoms with Gasteiger partial charge in [0.2, 0.25) is 5.82 Å². The molecule has 5 heteroatoms. The number of nitrogens with two attached hydrogens (primary N) is 1. The summed E-state index contributed by atoms with van der Waals surface area (Å²) in [6.07, 6.45) is 3.30. The third-order valence-electron chi connectivity index (χ3n) is 3.42. The Hall–Kier alpha value is -1.36. The number of benzene rings is 1. The molecule has 0 spiro atoms. The third-order valence-corrected chi connectivity index (χ3v) is 3.42. The molecule has 1 aromatic rings. The molecule has 2 atom stereocenters. The summed E-state index contributed by atoms with van der Waals surface area (Å²) in [7, 11) is 0. The minimum atomic E-state index is -1.03. The number of rotatable bonds is 4. The highest BCUT2D eigenvalue weighted by atomic mass is 19.2. The van der Waals surface area contributed by atoms with E-state index in [1.165, 1.54) is 6.07 Å². The number of halogens is 2. The average molecular weight is 271 g/mol. The molecule has 0 aliphatic carbocycles. The normalized spacial score (nSPS) is 21.1. The van der Waals surface area contributed by atoms with E-state index in [2.05, 4.69) is 0 Å². The molecule has 0 radical (unpaired) electrons. The zero-order chi connectivity index (χ0) is 13.8. The Morgan fingerprint density at radius 1 is 1.42 bits per heavy atom. The lowest BCUT2D eigenvalue weighted by Crippen LogP contribution is -2.30. The topological polar surface area (TPSA) is 44.5 Å². The fraction of sp³-hybridized carbons (Fsp3) is 0.571. The van der Waals surface area contributed by atoms with Crippen LogP contribution in [0.1, 0.15) is 26.2 Å². The molecule has 19 heavy (non-hydrogen) atoms. The Labute approximate surface area is 111 Å². The van der Waals surface area contributed by atoms with Crippen molar-refractivity contribution in [2.75, 3.05) is 18.9 Å². The number of nitrogen functional groups attached to an aromatic ring is 1. The van der Waals surface area contributed by atoms with Crippen LogP contribution in [-0.4, -0.2) is 19.3 Å². The van der Waals surface area contributed by atoms with E-state index < -0.39 is 11.6 Å². The van der Waals surface area contributed by atoms with Crippen LogP contribution in [0.15, 0.2) is 12.1 Å². The molecule has 3 nitrogen and oxygen atoms in total. The highest BCUT2D eigenvalue weighted by molar-refractivity contribution is 5.53. The number of hydrogen-bond donors (Lipinski definition) is 1. The van der Waals surface area contributed by atoms with E-state index in [0.29, 0.717) is 0 Å². The summed E-state index contributed by atoms with van der Waals surface area (Å²) < 4.78 is 37.6. The minimum absolute atomic E-state index is 0.107. The van der Waals surface area contributed by atoms with Crippen molar-refractivity contribution in [3.05, 3.63) is 23.8 Å². The average Bonchev–Trinajstić information content (AvgIpc) is 2.44. The number of hydrogen-bond acceptors (Lipinski definition) is 3. The molecule has 0 bridgehead atoms. The summed E-state index contributed by atoms with van der Waals surface area (Å²) in [5.74, 6) is -2.08. The summed E-state index contributed by atoms with van der Waals surface area (Å²) in [6, 6.07) is 2.29. The Morgan fingerprint density at radius 3 is 2.89 bits per heavy atom. The molecule has 106 valence electrons. The Bertz CT molecular complexity index is 434. The lowest BCUT2D eigenvalue weighted by molar-refractivity contribution is -0.0273. The Kier molecular flexibility index (Phi) is 4.58. The molecular formula is C14H19F2NO2. The van der Waals surface area contributed by atoms with Gasteiger partial charge in [-0.2, -0.15) is 4.39 Å². The van der Waals surface area contributed by atoms with Crippen molar-refractivity contribution >= 4 is 5.69 Å². The largest absolute Gasteiger partial charge is 0.488 e. The number of ether oxygens (including phenoxy) is 2. The second-order valence-electron chi connectivity index (χ2n) is 4.97. The van der Waals surface area contributed by atoms with E-state index in [-0.39, 0.29) is 30.1 Å². The first-order valence-electron chi connectivity index (χ1n) is 6.57. The molecule has 1 aliphatic rings. The second kappa shape index (κ2) is 6.19. The SMILES string of the molecule is CC(COc1c(N)ccc(F)c1F)C1CCCCO1. The first-order valence-corrected chi connectivity index (χ1v) is 6.57. The maximum Gasteiger partial charge on any atom is 0.202 e. The lowest BCUT2D eigenvalue weighted by atomic mass is 9.98. The molecule has 0 amide bonds. The highest BCUT2D eigenvalue weighted by Crippen LogP contribution is 2.28. The van der Waals surface area contributed by atoms with Gasteiger partial charge >= 0.3 is 0 Å². The Morgan fingerprint density at radius 2 is 2.21 bits per heavy atom. The van der Waals surface area contributed by atoms with Crippen molar-refractivity contribution in [3.8, 4) is 5.75 Å². The van der Waals surface area contributed by atoms with Crippen LogP contribution in [0, 0.1) is 17.6 Å². The second-order valence-corrected chi connectivity index (χ2v) is 4.97. The summed E-state index contributed by atoms with van der Waals surface area (Å²) in [5.41, 5.74) is 5.70. The van der Waals surface area contributed by atoms with Crippen molar-refractivity contribution < 1.29 is 18.3 Å². The smallest absolute Gasteiger partial charge is 0.202 e. The predicted octanol–water partition coefficient (Wildman–Crippen LogP) is 3.13. The van der Waals surface area contributed by atoms with E-state index in [4.69, 9.17) is 15.2 Å². The molecule has 1 fully saturated rings. The van der Waals surface area contributed by atoms with Crippen molar-refractivity contribution in [1.82, 2.24) is 0 Å². The quantitative estimate of drug-likeness (QED) is 0.856.